The summed E-state index contributed by atoms with van der Waals surface area (Å²) >= 11 is 3.68. The quantitative estimate of drug-likeness (QED) is 0.532. The van der Waals surface area contributed by atoms with Gasteiger partial charge in [0, 0.05) is 35.4 Å². The van der Waals surface area contributed by atoms with Crippen LogP contribution >= 0.6 is 15.9 Å². The number of nitrogens with zero attached hydrogens (tertiary/aromatic N) is 1. The molecule has 1 aromatic carbocycles. The number of halogens is 1. The maximum Gasteiger partial charge on any atom is 0.220 e. The monoisotopic (exact) mass is 392 g/mol. The van der Waals surface area contributed by atoms with Crippen molar-refractivity contribution in [2.45, 2.75) is 44.1 Å². The van der Waals surface area contributed by atoms with Crippen LogP contribution in [0.4, 0.5) is 0 Å². The highest BCUT2D eigenvalue weighted by molar-refractivity contribution is 9.10. The van der Waals surface area contributed by atoms with Crippen molar-refractivity contribution in [2.24, 2.45) is 4.99 Å². The van der Waals surface area contributed by atoms with E-state index in [1.165, 1.54) is 22.9 Å². The van der Waals surface area contributed by atoms with Crippen LogP contribution in [0, 0.1) is 0 Å². The highest BCUT2D eigenvalue weighted by Crippen LogP contribution is 2.50. The van der Waals surface area contributed by atoms with Crippen LogP contribution in [0.3, 0.4) is 0 Å². The molecule has 3 N–H and O–H groups in total. The summed E-state index contributed by atoms with van der Waals surface area (Å²) in [6, 6.07) is 8.70. The summed E-state index contributed by atoms with van der Waals surface area (Å²) in [6.45, 7) is 4.34. The van der Waals surface area contributed by atoms with E-state index in [9.17, 15) is 4.79 Å². The number of nitrogens with one attached hydrogen (secondary N) is 3. The maximum atomic E-state index is 11.3. The Kier molecular flexibility index (Phi) is 5.43. The molecular formula is C18H25BrN4O. The minimum absolute atomic E-state index is 0.140. The minimum Gasteiger partial charge on any atom is -0.357 e. The average Bonchev–Trinajstić information content (AvgIpc) is 3.36. The van der Waals surface area contributed by atoms with E-state index in [2.05, 4.69) is 63.1 Å². The van der Waals surface area contributed by atoms with Crippen LogP contribution in [-0.4, -0.2) is 37.5 Å². The number of amides is 1. The Bertz CT molecular complexity index is 617. The van der Waals surface area contributed by atoms with Crippen molar-refractivity contribution in [3.8, 4) is 0 Å². The van der Waals surface area contributed by atoms with Crippen molar-refractivity contribution in [1.82, 2.24) is 16.0 Å². The number of piperidine rings is 1. The van der Waals surface area contributed by atoms with Crippen molar-refractivity contribution in [1.29, 1.82) is 0 Å². The number of hydrogen-bond donors (Lipinski definition) is 3. The number of guanidine groups is 1. The molecule has 5 nitrogen and oxygen atoms in total. The molecule has 1 saturated heterocycles. The van der Waals surface area contributed by atoms with Crippen LogP contribution in [0.25, 0.3) is 0 Å². The molecule has 1 atom stereocenters. The Hall–Kier alpha value is -1.56. The van der Waals surface area contributed by atoms with Gasteiger partial charge in [0.2, 0.25) is 5.91 Å². The predicted molar refractivity (Wildman–Crippen MR) is 100 cm³/mol. The van der Waals surface area contributed by atoms with Crippen molar-refractivity contribution in [3.63, 3.8) is 0 Å². The fraction of sp³-hybridized carbons (Fsp3) is 0.556. The summed E-state index contributed by atoms with van der Waals surface area (Å²) in [5.74, 6) is 0.984. The standard InChI is InChI=1S/C18H25BrN4O/c1-2-20-17(23-13-7-8-16(24)21-11-13)22-12-18(9-10-18)14-5-3-4-6-15(14)19/h3-6,13H,2,7-12H2,1H3,(H,21,24)(H2,20,22,23). The van der Waals surface area contributed by atoms with Crippen LogP contribution in [0.5, 0.6) is 0 Å². The molecule has 1 amide bonds. The first-order valence-electron chi connectivity index (χ1n) is 8.69. The maximum absolute atomic E-state index is 11.3. The Balaban J connectivity index is 1.65. The molecule has 1 aliphatic heterocycles. The van der Waals surface area contributed by atoms with Crippen LogP contribution in [-0.2, 0) is 10.2 Å². The molecule has 24 heavy (non-hydrogen) atoms. The molecule has 0 aromatic heterocycles. The molecule has 0 radical (unpaired) electrons. The molecule has 1 aliphatic carbocycles. The smallest absolute Gasteiger partial charge is 0.220 e. The molecule has 6 heteroatoms. The zero-order valence-electron chi connectivity index (χ0n) is 14.1. The summed E-state index contributed by atoms with van der Waals surface area (Å²) in [6.07, 6.45) is 3.79. The molecule has 2 aliphatic rings. The minimum atomic E-state index is 0.140. The predicted octanol–water partition coefficient (Wildman–Crippen LogP) is 2.31. The van der Waals surface area contributed by atoms with Crippen molar-refractivity contribution >= 4 is 27.8 Å². The number of benzene rings is 1. The lowest BCUT2D eigenvalue weighted by atomic mass is 9.96. The molecule has 2 fully saturated rings. The van der Waals surface area contributed by atoms with Crippen LogP contribution in [0.1, 0.15) is 38.2 Å². The van der Waals surface area contributed by atoms with Crippen molar-refractivity contribution in [3.05, 3.63) is 34.3 Å². The van der Waals surface area contributed by atoms with Gasteiger partial charge in [0.05, 0.1) is 6.54 Å². The summed E-state index contributed by atoms with van der Waals surface area (Å²) in [5.41, 5.74) is 1.53. The van der Waals surface area contributed by atoms with Gasteiger partial charge in [-0.15, -0.1) is 0 Å². The van der Waals surface area contributed by atoms with Gasteiger partial charge < -0.3 is 16.0 Å². The second kappa shape index (κ2) is 7.55. The van der Waals surface area contributed by atoms with Gasteiger partial charge >= 0.3 is 0 Å². The van der Waals surface area contributed by atoms with E-state index in [0.717, 1.165) is 25.5 Å². The van der Waals surface area contributed by atoms with Gasteiger partial charge in [-0.25, -0.2) is 0 Å². The summed E-state index contributed by atoms with van der Waals surface area (Å²) in [7, 11) is 0. The largest absolute Gasteiger partial charge is 0.357 e. The Labute approximate surface area is 151 Å². The van der Waals surface area contributed by atoms with Gasteiger partial charge in [-0.2, -0.15) is 0 Å². The zero-order chi connectivity index (χ0) is 17.0. The molecule has 0 bridgehead atoms. The summed E-state index contributed by atoms with van der Waals surface area (Å²) in [4.78, 5) is 16.1. The van der Waals surface area contributed by atoms with E-state index < -0.39 is 0 Å². The lowest BCUT2D eigenvalue weighted by Crippen LogP contribution is -2.51. The number of rotatable bonds is 5. The zero-order valence-corrected chi connectivity index (χ0v) is 15.7. The Morgan fingerprint density at radius 2 is 2.21 bits per heavy atom. The van der Waals surface area contributed by atoms with Gasteiger partial charge in [-0.1, -0.05) is 34.1 Å². The van der Waals surface area contributed by atoms with E-state index >= 15 is 0 Å². The van der Waals surface area contributed by atoms with Gasteiger partial charge in [-0.05, 0) is 37.8 Å². The second-order valence-electron chi connectivity index (χ2n) is 6.64. The third-order valence-electron chi connectivity index (χ3n) is 4.79. The third kappa shape index (κ3) is 4.09. The first-order valence-corrected chi connectivity index (χ1v) is 9.49. The number of hydrogen-bond acceptors (Lipinski definition) is 2. The lowest BCUT2D eigenvalue weighted by Gasteiger charge is -2.25. The first-order chi connectivity index (χ1) is 11.6. The summed E-state index contributed by atoms with van der Waals surface area (Å²) < 4.78 is 1.17. The van der Waals surface area contributed by atoms with Crippen molar-refractivity contribution < 1.29 is 4.79 Å². The third-order valence-corrected chi connectivity index (χ3v) is 5.48. The molecular weight excluding hydrogens is 368 g/mol. The van der Waals surface area contributed by atoms with E-state index in [4.69, 9.17) is 4.99 Å². The molecule has 1 aromatic rings. The normalized spacial score (nSPS) is 22.7. The fourth-order valence-corrected chi connectivity index (χ4v) is 3.86. The fourth-order valence-electron chi connectivity index (χ4n) is 3.15. The van der Waals surface area contributed by atoms with Crippen LogP contribution in [0.2, 0.25) is 0 Å². The molecule has 1 saturated carbocycles. The molecule has 1 heterocycles. The number of carbonyl (C=O) groups excluding carboxylic acids is 1. The molecule has 130 valence electrons. The van der Waals surface area contributed by atoms with E-state index in [-0.39, 0.29) is 17.4 Å². The lowest BCUT2D eigenvalue weighted by molar-refractivity contribution is -0.122. The van der Waals surface area contributed by atoms with E-state index in [1.54, 1.807) is 0 Å². The Morgan fingerprint density at radius 1 is 1.42 bits per heavy atom. The van der Waals surface area contributed by atoms with Gasteiger partial charge in [0.25, 0.3) is 0 Å². The van der Waals surface area contributed by atoms with E-state index in [0.29, 0.717) is 13.0 Å². The Morgan fingerprint density at radius 3 is 2.83 bits per heavy atom. The van der Waals surface area contributed by atoms with Crippen LogP contribution in [0.15, 0.2) is 33.7 Å². The highest BCUT2D eigenvalue weighted by Gasteiger charge is 2.45. The molecule has 3 rings (SSSR count). The van der Waals surface area contributed by atoms with Gasteiger partial charge in [-0.3, -0.25) is 9.79 Å². The van der Waals surface area contributed by atoms with Crippen molar-refractivity contribution in [2.75, 3.05) is 19.6 Å². The highest BCUT2D eigenvalue weighted by atomic mass is 79.9. The topological polar surface area (TPSA) is 65.5 Å². The number of carbonyl (C=O) groups is 1. The average molecular weight is 393 g/mol. The SMILES string of the molecule is CCNC(=NCC1(c2ccccc2Br)CC1)NC1CCC(=O)NC1. The van der Waals surface area contributed by atoms with E-state index in [1.807, 2.05) is 0 Å². The first kappa shape index (κ1) is 17.3. The number of aliphatic imine (C=N–C) groups is 1. The molecule has 1 unspecified atom stereocenters. The van der Waals surface area contributed by atoms with Gasteiger partial charge in [0.1, 0.15) is 0 Å². The molecule has 0 spiro atoms. The second-order valence-corrected chi connectivity index (χ2v) is 7.49. The summed E-state index contributed by atoms with van der Waals surface area (Å²) in [5, 5.41) is 9.69. The van der Waals surface area contributed by atoms with Gasteiger partial charge in [0.15, 0.2) is 5.96 Å². The van der Waals surface area contributed by atoms with Crippen LogP contribution < -0.4 is 16.0 Å².